The van der Waals surface area contributed by atoms with E-state index in [1.54, 1.807) is 20.8 Å². The molecule has 0 radical (unpaired) electrons. The normalized spacial score (nSPS) is 23.2. The SMILES string of the molecule is C=CC1(C(=O)O)CS[C@@H]2C(NC(=O)C(=NOCC=CC(=O)OC(C)(C)C)c3csc(NC=O)n3)C(=O)N2C1. The summed E-state index contributed by atoms with van der Waals surface area (Å²) in [7, 11) is 0. The smallest absolute Gasteiger partial charge is 0.331 e. The first kappa shape index (κ1) is 28.8. The van der Waals surface area contributed by atoms with E-state index in [0.717, 1.165) is 17.4 Å². The number of hydrogen-bond donors (Lipinski definition) is 3. The van der Waals surface area contributed by atoms with Crippen LogP contribution in [0, 0.1) is 5.41 Å². The summed E-state index contributed by atoms with van der Waals surface area (Å²) in [6, 6.07) is -0.910. The highest BCUT2D eigenvalue weighted by Crippen LogP contribution is 2.42. The first-order valence-corrected chi connectivity index (χ1v) is 13.2. The Morgan fingerprint density at radius 1 is 1.39 bits per heavy atom. The number of oxime groups is 1. The molecular weight excluding hydrogens is 538 g/mol. The molecule has 2 aliphatic rings. The maximum atomic E-state index is 13.1. The molecule has 0 spiro atoms. The number of carbonyl (C=O) groups is 5. The number of aromatic nitrogens is 1. The number of nitrogens with zero attached hydrogens (tertiary/aromatic N) is 3. The molecule has 3 N–H and O–H groups in total. The first-order chi connectivity index (χ1) is 17.9. The lowest BCUT2D eigenvalue weighted by molar-refractivity contribution is -0.156. The first-order valence-electron chi connectivity index (χ1n) is 11.3. The van der Waals surface area contributed by atoms with Crippen LogP contribution < -0.4 is 10.6 Å². The van der Waals surface area contributed by atoms with Crippen LogP contribution >= 0.6 is 23.1 Å². The maximum absolute atomic E-state index is 13.1. The average molecular weight is 566 g/mol. The van der Waals surface area contributed by atoms with Crippen molar-refractivity contribution < 1.29 is 38.7 Å². The fourth-order valence-electron chi connectivity index (χ4n) is 3.47. The van der Waals surface area contributed by atoms with Crippen LogP contribution in [0.25, 0.3) is 0 Å². The van der Waals surface area contributed by atoms with Gasteiger partial charge in [0.1, 0.15) is 34.7 Å². The second-order valence-electron chi connectivity index (χ2n) is 9.26. The van der Waals surface area contributed by atoms with E-state index in [9.17, 15) is 29.1 Å². The molecule has 2 saturated heterocycles. The molecule has 2 fully saturated rings. The van der Waals surface area contributed by atoms with Gasteiger partial charge in [0.25, 0.3) is 5.91 Å². The Balaban J connectivity index is 1.70. The minimum absolute atomic E-state index is 0.0461. The minimum atomic E-state index is -1.26. The maximum Gasteiger partial charge on any atom is 0.331 e. The molecule has 1 aromatic rings. The van der Waals surface area contributed by atoms with Crippen LogP contribution in [0.2, 0.25) is 0 Å². The summed E-state index contributed by atoms with van der Waals surface area (Å²) in [6.07, 6.45) is 4.27. The van der Waals surface area contributed by atoms with Crippen molar-refractivity contribution >= 4 is 64.1 Å². The van der Waals surface area contributed by atoms with Crippen molar-refractivity contribution in [2.75, 3.05) is 24.2 Å². The number of carbonyl (C=O) groups excluding carboxylic acids is 4. The summed E-state index contributed by atoms with van der Waals surface area (Å²) in [5, 5.41) is 19.6. The zero-order valence-electron chi connectivity index (χ0n) is 20.8. The largest absolute Gasteiger partial charge is 0.481 e. The van der Waals surface area contributed by atoms with Crippen molar-refractivity contribution in [2.24, 2.45) is 10.6 Å². The molecule has 0 aromatic carbocycles. The number of nitrogens with one attached hydrogen (secondary N) is 2. The summed E-state index contributed by atoms with van der Waals surface area (Å²) in [6.45, 7) is 8.56. The molecule has 2 unspecified atom stereocenters. The zero-order valence-corrected chi connectivity index (χ0v) is 22.5. The van der Waals surface area contributed by atoms with E-state index in [1.807, 2.05) is 0 Å². The van der Waals surface area contributed by atoms with Crippen LogP contribution in [0.4, 0.5) is 5.13 Å². The Morgan fingerprint density at radius 3 is 2.76 bits per heavy atom. The molecule has 0 bridgehead atoms. The molecule has 2 aliphatic heterocycles. The van der Waals surface area contributed by atoms with Crippen LogP contribution in [-0.4, -0.2) is 86.8 Å². The summed E-state index contributed by atoms with van der Waals surface area (Å²) in [4.78, 5) is 70.8. The number of amides is 3. The van der Waals surface area contributed by atoms with Gasteiger partial charge in [0.2, 0.25) is 12.3 Å². The summed E-state index contributed by atoms with van der Waals surface area (Å²) in [5.41, 5.74) is -2.09. The zero-order chi connectivity index (χ0) is 28.1. The van der Waals surface area contributed by atoms with Gasteiger partial charge < -0.3 is 30.2 Å². The van der Waals surface area contributed by atoms with E-state index in [4.69, 9.17) is 9.57 Å². The number of fused-ring (bicyclic) bond motifs is 1. The molecule has 1 aromatic heterocycles. The molecule has 15 heteroatoms. The number of β-lactam (4-membered cyclic amide) rings is 1. The van der Waals surface area contributed by atoms with Crippen molar-refractivity contribution in [2.45, 2.75) is 37.8 Å². The predicted molar refractivity (Wildman–Crippen MR) is 139 cm³/mol. The summed E-state index contributed by atoms with van der Waals surface area (Å²) < 4.78 is 5.15. The van der Waals surface area contributed by atoms with Crippen molar-refractivity contribution in [3.05, 3.63) is 35.9 Å². The standard InChI is InChI=1S/C23H27N5O8S2/c1-5-23(20(33)34)10-28-18(32)16(19(28)38-11-23)26-17(31)15(13-9-37-21(25-13)24-12-29)27-35-8-6-7-14(30)36-22(2,3)4/h5-7,9,12,16,19H,1,8,10-11H2,2-4H3,(H,26,31)(H,33,34)(H,24,25,29)/t16?,19-,23?/m1/s1. The topological polar surface area (TPSA) is 177 Å². The number of ether oxygens (including phenoxy) is 1. The Hall–Kier alpha value is -3.72. The van der Waals surface area contributed by atoms with Crippen LogP contribution in [-0.2, 0) is 33.5 Å². The molecule has 0 saturated carbocycles. The van der Waals surface area contributed by atoms with E-state index in [2.05, 4.69) is 27.4 Å². The van der Waals surface area contributed by atoms with Gasteiger partial charge in [-0.05, 0) is 26.8 Å². The molecule has 3 atom stereocenters. The van der Waals surface area contributed by atoms with Crippen molar-refractivity contribution in [1.82, 2.24) is 15.2 Å². The highest BCUT2D eigenvalue weighted by Gasteiger charge is 2.56. The van der Waals surface area contributed by atoms with Crippen LogP contribution in [0.5, 0.6) is 0 Å². The molecule has 13 nitrogen and oxygen atoms in total. The van der Waals surface area contributed by atoms with Crippen molar-refractivity contribution in [1.29, 1.82) is 0 Å². The number of carboxylic acid groups (broad SMARTS) is 1. The molecule has 204 valence electrons. The molecular formula is C23H27N5O8S2. The number of thioether (sulfide) groups is 1. The lowest BCUT2D eigenvalue weighted by Crippen LogP contribution is -2.73. The molecule has 3 amide bonds. The van der Waals surface area contributed by atoms with Crippen LogP contribution in [0.15, 0.2) is 35.3 Å². The van der Waals surface area contributed by atoms with Crippen molar-refractivity contribution in [3.8, 4) is 0 Å². The van der Waals surface area contributed by atoms with Gasteiger partial charge in [-0.1, -0.05) is 11.2 Å². The highest BCUT2D eigenvalue weighted by atomic mass is 32.2. The Morgan fingerprint density at radius 2 is 2.13 bits per heavy atom. The van der Waals surface area contributed by atoms with E-state index in [-0.39, 0.29) is 35.4 Å². The van der Waals surface area contributed by atoms with E-state index in [0.29, 0.717) is 6.41 Å². The minimum Gasteiger partial charge on any atom is -0.481 e. The number of hydrogen-bond acceptors (Lipinski definition) is 11. The molecule has 38 heavy (non-hydrogen) atoms. The summed E-state index contributed by atoms with van der Waals surface area (Å²) >= 11 is 2.27. The molecule has 3 rings (SSSR count). The van der Waals surface area contributed by atoms with Gasteiger partial charge in [-0.25, -0.2) is 9.78 Å². The quantitative estimate of drug-likeness (QED) is 0.0512. The molecule has 0 aliphatic carbocycles. The van der Waals surface area contributed by atoms with Gasteiger partial charge in [-0.2, -0.15) is 0 Å². The number of carboxylic acids is 1. The third kappa shape index (κ3) is 6.58. The number of anilines is 1. The Kier molecular flexibility index (Phi) is 8.93. The fourth-order valence-corrected chi connectivity index (χ4v) is 5.66. The average Bonchev–Trinajstić information content (AvgIpc) is 3.31. The monoisotopic (exact) mass is 565 g/mol. The van der Waals surface area contributed by atoms with Gasteiger partial charge in [0.05, 0.1) is 0 Å². The Bertz CT molecular complexity index is 1190. The van der Waals surface area contributed by atoms with Gasteiger partial charge >= 0.3 is 11.9 Å². The van der Waals surface area contributed by atoms with E-state index >= 15 is 0 Å². The van der Waals surface area contributed by atoms with Gasteiger partial charge in [0, 0.05) is 23.8 Å². The summed E-state index contributed by atoms with van der Waals surface area (Å²) in [5.74, 6) is -2.66. The predicted octanol–water partition coefficient (Wildman–Crippen LogP) is 0.987. The second-order valence-corrected chi connectivity index (χ2v) is 11.2. The number of rotatable bonds is 11. The van der Waals surface area contributed by atoms with Crippen molar-refractivity contribution in [3.63, 3.8) is 0 Å². The van der Waals surface area contributed by atoms with E-state index in [1.165, 1.54) is 34.2 Å². The number of esters is 1. The van der Waals surface area contributed by atoms with Crippen LogP contribution in [0.1, 0.15) is 26.5 Å². The number of thiazole rings is 1. The third-order valence-electron chi connectivity index (χ3n) is 5.34. The lowest BCUT2D eigenvalue weighted by Gasteiger charge is -2.53. The Labute approximate surface area is 226 Å². The third-order valence-corrected chi connectivity index (χ3v) is 7.66. The second kappa shape index (κ2) is 11.8. The van der Waals surface area contributed by atoms with Gasteiger partial charge in [-0.15, -0.1) is 29.7 Å². The number of aliphatic carboxylic acids is 1. The van der Waals surface area contributed by atoms with E-state index < -0.39 is 46.2 Å². The highest BCUT2D eigenvalue weighted by molar-refractivity contribution is 8.00. The van der Waals surface area contributed by atoms with Crippen LogP contribution in [0.3, 0.4) is 0 Å². The fraction of sp³-hybridized carbons (Fsp3) is 0.435. The molecule has 3 heterocycles. The van der Waals surface area contributed by atoms with Gasteiger partial charge in [-0.3, -0.25) is 19.2 Å². The van der Waals surface area contributed by atoms with Gasteiger partial charge in [0.15, 0.2) is 10.8 Å². The lowest BCUT2D eigenvalue weighted by atomic mass is 9.87.